The summed E-state index contributed by atoms with van der Waals surface area (Å²) in [5.41, 5.74) is 0.877. The van der Waals surface area contributed by atoms with Gasteiger partial charge in [0, 0.05) is 19.5 Å². The van der Waals surface area contributed by atoms with E-state index in [1.54, 1.807) is 31.2 Å². The lowest BCUT2D eigenvalue weighted by molar-refractivity contribution is -0.138. The maximum absolute atomic E-state index is 12.1. The van der Waals surface area contributed by atoms with Crippen molar-refractivity contribution in [2.75, 3.05) is 18.8 Å². The number of hydrogen-bond donors (Lipinski definition) is 1. The minimum absolute atomic E-state index is 0.0554. The topological polar surface area (TPSA) is 91.8 Å². The molecule has 1 rings (SSSR count). The molecule has 0 aromatic heterocycles. The molecule has 0 bridgehead atoms. The molecule has 0 spiro atoms. The van der Waals surface area contributed by atoms with Gasteiger partial charge < -0.3 is 10.0 Å². The molecule has 128 valence electrons. The molecule has 0 atom stereocenters. The number of aryl methyl sites for hydroxylation is 1. The normalized spacial score (nSPS) is 11.2. The third kappa shape index (κ3) is 6.02. The molecule has 1 aromatic carbocycles. The number of carboxylic acids is 1. The molecule has 0 unspecified atom stereocenters. The van der Waals surface area contributed by atoms with E-state index in [4.69, 9.17) is 5.11 Å². The minimum Gasteiger partial charge on any atom is -0.481 e. The number of sulfone groups is 1. The molecule has 0 aliphatic heterocycles. The van der Waals surface area contributed by atoms with Crippen molar-refractivity contribution in [3.05, 3.63) is 29.8 Å². The van der Waals surface area contributed by atoms with Crippen LogP contribution in [0.4, 0.5) is 0 Å². The Morgan fingerprint density at radius 1 is 1.09 bits per heavy atom. The van der Waals surface area contributed by atoms with Crippen molar-refractivity contribution in [2.24, 2.45) is 0 Å². The molecule has 0 aliphatic carbocycles. The molecule has 0 aliphatic rings. The number of carbonyl (C=O) groups excluding carboxylic acids is 1. The summed E-state index contributed by atoms with van der Waals surface area (Å²) in [4.78, 5) is 24.4. The SMILES string of the molecule is CCN(CCC(=O)O)C(=O)CCc1ccc(S(=O)(=O)CC)cc1. The average Bonchev–Trinajstić information content (AvgIpc) is 2.53. The van der Waals surface area contributed by atoms with Gasteiger partial charge in [-0.25, -0.2) is 8.42 Å². The number of hydrogen-bond acceptors (Lipinski definition) is 4. The fourth-order valence-electron chi connectivity index (χ4n) is 2.13. The predicted molar refractivity (Wildman–Crippen MR) is 87.0 cm³/mol. The molecule has 7 heteroatoms. The Hall–Kier alpha value is -1.89. The Balaban J connectivity index is 2.60. The number of rotatable bonds is 9. The molecule has 6 nitrogen and oxygen atoms in total. The van der Waals surface area contributed by atoms with Gasteiger partial charge in [0.1, 0.15) is 0 Å². The highest BCUT2D eigenvalue weighted by atomic mass is 32.2. The maximum atomic E-state index is 12.1. The first-order valence-corrected chi connectivity index (χ1v) is 9.26. The van der Waals surface area contributed by atoms with Crippen molar-refractivity contribution < 1.29 is 23.1 Å². The van der Waals surface area contributed by atoms with Crippen molar-refractivity contribution >= 4 is 21.7 Å². The van der Waals surface area contributed by atoms with Crippen LogP contribution in [0.1, 0.15) is 32.3 Å². The molecular formula is C16H23NO5S. The lowest BCUT2D eigenvalue weighted by atomic mass is 10.1. The maximum Gasteiger partial charge on any atom is 0.305 e. The number of nitrogens with zero attached hydrogens (tertiary/aromatic N) is 1. The number of carboxylic acid groups (broad SMARTS) is 1. The summed E-state index contributed by atoms with van der Waals surface area (Å²) in [6.45, 7) is 4.08. The smallest absolute Gasteiger partial charge is 0.305 e. The van der Waals surface area contributed by atoms with Crippen LogP contribution >= 0.6 is 0 Å². The highest BCUT2D eigenvalue weighted by Crippen LogP contribution is 2.14. The van der Waals surface area contributed by atoms with Crippen molar-refractivity contribution in [1.82, 2.24) is 4.90 Å². The van der Waals surface area contributed by atoms with Crippen LogP contribution in [-0.4, -0.2) is 49.1 Å². The zero-order valence-electron chi connectivity index (χ0n) is 13.5. The Morgan fingerprint density at radius 2 is 1.70 bits per heavy atom. The van der Waals surface area contributed by atoms with E-state index in [1.165, 1.54) is 4.90 Å². The van der Waals surface area contributed by atoms with E-state index in [0.717, 1.165) is 5.56 Å². The van der Waals surface area contributed by atoms with Crippen LogP contribution in [0.5, 0.6) is 0 Å². The standard InChI is InChI=1S/C16H23NO5S/c1-3-17(12-11-16(19)20)15(18)10-7-13-5-8-14(9-6-13)23(21,22)4-2/h5-6,8-9H,3-4,7,10-12H2,1-2H3,(H,19,20). The third-order valence-electron chi connectivity index (χ3n) is 3.62. The van der Waals surface area contributed by atoms with E-state index in [-0.39, 0.29) is 35.9 Å². The van der Waals surface area contributed by atoms with Gasteiger partial charge in [0.15, 0.2) is 9.84 Å². The summed E-state index contributed by atoms with van der Waals surface area (Å²) in [6.07, 6.45) is 0.700. The lowest BCUT2D eigenvalue weighted by Crippen LogP contribution is -2.32. The number of carbonyl (C=O) groups is 2. The van der Waals surface area contributed by atoms with Gasteiger partial charge in [0.2, 0.25) is 5.91 Å². The lowest BCUT2D eigenvalue weighted by Gasteiger charge is -2.20. The zero-order valence-corrected chi connectivity index (χ0v) is 14.3. The van der Waals surface area contributed by atoms with Gasteiger partial charge in [-0.3, -0.25) is 9.59 Å². The number of amides is 1. The molecule has 0 heterocycles. The molecule has 0 saturated carbocycles. The van der Waals surface area contributed by atoms with E-state index in [0.29, 0.717) is 13.0 Å². The molecule has 0 fully saturated rings. The summed E-state index contributed by atoms with van der Waals surface area (Å²) in [7, 11) is -3.21. The van der Waals surface area contributed by atoms with E-state index in [9.17, 15) is 18.0 Å². The van der Waals surface area contributed by atoms with Crippen LogP contribution in [0.25, 0.3) is 0 Å². The second kappa shape index (κ2) is 8.67. The van der Waals surface area contributed by atoms with Gasteiger partial charge in [-0.2, -0.15) is 0 Å². The highest BCUT2D eigenvalue weighted by molar-refractivity contribution is 7.91. The fraction of sp³-hybridized carbons (Fsp3) is 0.500. The van der Waals surface area contributed by atoms with Gasteiger partial charge >= 0.3 is 5.97 Å². The van der Waals surface area contributed by atoms with E-state index < -0.39 is 15.8 Å². The number of aliphatic carboxylic acids is 1. The van der Waals surface area contributed by atoms with Gasteiger partial charge in [-0.05, 0) is 31.0 Å². The summed E-state index contributed by atoms with van der Waals surface area (Å²) < 4.78 is 23.4. The van der Waals surface area contributed by atoms with E-state index >= 15 is 0 Å². The molecule has 1 amide bonds. The van der Waals surface area contributed by atoms with Crippen LogP contribution in [0.2, 0.25) is 0 Å². The minimum atomic E-state index is -3.21. The zero-order chi connectivity index (χ0) is 17.5. The average molecular weight is 341 g/mol. The van der Waals surface area contributed by atoms with Crippen molar-refractivity contribution in [2.45, 2.75) is 38.0 Å². The van der Waals surface area contributed by atoms with Crippen LogP contribution in [0, 0.1) is 0 Å². The Morgan fingerprint density at radius 3 is 2.17 bits per heavy atom. The van der Waals surface area contributed by atoms with Gasteiger partial charge in [-0.15, -0.1) is 0 Å². The second-order valence-electron chi connectivity index (χ2n) is 5.16. The van der Waals surface area contributed by atoms with Crippen LogP contribution in [-0.2, 0) is 25.8 Å². The van der Waals surface area contributed by atoms with E-state index in [1.807, 2.05) is 6.92 Å². The van der Waals surface area contributed by atoms with Gasteiger partial charge in [0.25, 0.3) is 0 Å². The second-order valence-corrected chi connectivity index (χ2v) is 7.44. The summed E-state index contributed by atoms with van der Waals surface area (Å²) in [6, 6.07) is 6.54. The van der Waals surface area contributed by atoms with Crippen LogP contribution < -0.4 is 0 Å². The first-order valence-electron chi connectivity index (χ1n) is 7.61. The van der Waals surface area contributed by atoms with Crippen LogP contribution in [0.3, 0.4) is 0 Å². The summed E-state index contributed by atoms with van der Waals surface area (Å²) in [5, 5.41) is 8.67. The summed E-state index contributed by atoms with van der Waals surface area (Å²) in [5.74, 6) is -0.970. The Labute approximate surface area is 137 Å². The quantitative estimate of drug-likeness (QED) is 0.738. The highest BCUT2D eigenvalue weighted by Gasteiger charge is 2.14. The molecule has 1 N–H and O–H groups in total. The van der Waals surface area contributed by atoms with Crippen molar-refractivity contribution in [3.63, 3.8) is 0 Å². The predicted octanol–water partition coefficient (Wildman–Crippen LogP) is 1.74. The van der Waals surface area contributed by atoms with Crippen molar-refractivity contribution in [1.29, 1.82) is 0 Å². The first kappa shape index (κ1) is 19.2. The Bertz CT molecular complexity index is 637. The van der Waals surface area contributed by atoms with Crippen LogP contribution in [0.15, 0.2) is 29.2 Å². The van der Waals surface area contributed by atoms with Gasteiger partial charge in [-0.1, -0.05) is 19.1 Å². The largest absolute Gasteiger partial charge is 0.481 e. The first-order chi connectivity index (χ1) is 10.8. The number of benzene rings is 1. The molecule has 0 saturated heterocycles. The molecular weight excluding hydrogens is 318 g/mol. The van der Waals surface area contributed by atoms with Gasteiger partial charge in [0.05, 0.1) is 17.1 Å². The molecule has 1 aromatic rings. The van der Waals surface area contributed by atoms with E-state index in [2.05, 4.69) is 0 Å². The molecule has 23 heavy (non-hydrogen) atoms. The van der Waals surface area contributed by atoms with Crippen molar-refractivity contribution in [3.8, 4) is 0 Å². The monoisotopic (exact) mass is 341 g/mol. The third-order valence-corrected chi connectivity index (χ3v) is 5.37. The summed E-state index contributed by atoms with van der Waals surface area (Å²) >= 11 is 0. The Kier molecular flexibility index (Phi) is 7.22. The molecule has 0 radical (unpaired) electrons. The fourth-order valence-corrected chi connectivity index (χ4v) is 3.01.